The lowest BCUT2D eigenvalue weighted by atomic mass is 9.84. The van der Waals surface area contributed by atoms with Crippen LogP contribution in [0.3, 0.4) is 0 Å². The molecule has 1 rings (SSSR count). The minimum atomic E-state index is -0.521. The molecule has 5 heteroatoms. The Hall–Kier alpha value is -1.10. The lowest BCUT2D eigenvalue weighted by Gasteiger charge is -2.22. The number of aromatic nitrogens is 2. The fourth-order valence-electron chi connectivity index (χ4n) is 1.45. The van der Waals surface area contributed by atoms with Crippen molar-refractivity contribution < 1.29 is 4.52 Å². The molecule has 0 aromatic carbocycles. The predicted molar refractivity (Wildman–Crippen MR) is 53.0 cm³/mol. The third-order valence-electron chi connectivity index (χ3n) is 1.99. The Labute approximate surface area is 82.7 Å². The molecular weight excluding hydrogens is 182 g/mol. The molecule has 0 bridgehead atoms. The largest absolute Gasteiger partial charge is 0.438 e. The zero-order chi connectivity index (χ0) is 10.8. The predicted octanol–water partition coefficient (Wildman–Crippen LogP) is 0.841. The van der Waals surface area contributed by atoms with Crippen LogP contribution in [-0.2, 0) is 0 Å². The van der Waals surface area contributed by atoms with E-state index < -0.39 is 5.76 Å². The third-order valence-corrected chi connectivity index (χ3v) is 1.99. The maximum Gasteiger partial charge on any atom is 0.438 e. The zero-order valence-electron chi connectivity index (χ0n) is 8.83. The van der Waals surface area contributed by atoms with E-state index in [-0.39, 0.29) is 11.3 Å². The average molecular weight is 199 g/mol. The van der Waals surface area contributed by atoms with Gasteiger partial charge in [0, 0.05) is 12.5 Å². The van der Waals surface area contributed by atoms with Crippen LogP contribution < -0.4 is 11.5 Å². The molecule has 3 N–H and O–H groups in total. The first kappa shape index (κ1) is 11.0. The summed E-state index contributed by atoms with van der Waals surface area (Å²) >= 11 is 0. The van der Waals surface area contributed by atoms with Gasteiger partial charge >= 0.3 is 5.76 Å². The first-order chi connectivity index (χ1) is 6.42. The zero-order valence-corrected chi connectivity index (χ0v) is 8.83. The topological polar surface area (TPSA) is 84.9 Å². The second kappa shape index (κ2) is 3.96. The van der Waals surface area contributed by atoms with Gasteiger partial charge in [-0.05, 0) is 11.8 Å². The summed E-state index contributed by atoms with van der Waals surface area (Å²) in [5.74, 6) is 0.0845. The SMILES string of the molecule is CC(C)(C)CC(CN)c1noc(=O)[nH]1. The second-order valence-electron chi connectivity index (χ2n) is 4.68. The summed E-state index contributed by atoms with van der Waals surface area (Å²) < 4.78 is 4.45. The molecular formula is C9H17N3O2. The van der Waals surface area contributed by atoms with Crippen molar-refractivity contribution in [2.75, 3.05) is 6.54 Å². The Morgan fingerprint density at radius 3 is 2.57 bits per heavy atom. The van der Waals surface area contributed by atoms with Gasteiger partial charge in [-0.25, -0.2) is 4.79 Å². The van der Waals surface area contributed by atoms with Gasteiger partial charge in [0.05, 0.1) is 0 Å². The molecule has 1 atom stereocenters. The van der Waals surface area contributed by atoms with Gasteiger partial charge in [-0.2, -0.15) is 0 Å². The van der Waals surface area contributed by atoms with Crippen LogP contribution in [0.4, 0.5) is 0 Å². The summed E-state index contributed by atoms with van der Waals surface area (Å²) in [6.07, 6.45) is 0.867. The average Bonchev–Trinajstić information content (AvgIpc) is 2.46. The monoisotopic (exact) mass is 199 g/mol. The van der Waals surface area contributed by atoms with Crippen LogP contribution in [0.1, 0.15) is 38.9 Å². The van der Waals surface area contributed by atoms with Crippen LogP contribution in [0, 0.1) is 5.41 Å². The van der Waals surface area contributed by atoms with Crippen LogP contribution in [0.15, 0.2) is 9.32 Å². The van der Waals surface area contributed by atoms with Crippen molar-refractivity contribution in [1.29, 1.82) is 0 Å². The molecule has 0 saturated carbocycles. The van der Waals surface area contributed by atoms with Crippen molar-refractivity contribution in [1.82, 2.24) is 10.1 Å². The van der Waals surface area contributed by atoms with Crippen molar-refractivity contribution in [2.24, 2.45) is 11.1 Å². The van der Waals surface area contributed by atoms with E-state index >= 15 is 0 Å². The van der Waals surface area contributed by atoms with Crippen LogP contribution >= 0.6 is 0 Å². The molecule has 1 aromatic rings. The third kappa shape index (κ3) is 2.99. The normalized spacial score (nSPS) is 14.3. The lowest BCUT2D eigenvalue weighted by molar-refractivity contribution is 0.324. The van der Waals surface area contributed by atoms with Gasteiger partial charge in [-0.1, -0.05) is 25.9 Å². The van der Waals surface area contributed by atoms with Crippen LogP contribution in [-0.4, -0.2) is 16.7 Å². The number of H-pyrrole nitrogens is 1. The Kier molecular flexibility index (Phi) is 3.10. The van der Waals surface area contributed by atoms with Crippen LogP contribution in [0.5, 0.6) is 0 Å². The van der Waals surface area contributed by atoms with Crippen LogP contribution in [0.25, 0.3) is 0 Å². The molecule has 0 radical (unpaired) electrons. The smallest absolute Gasteiger partial charge is 0.330 e. The molecule has 5 nitrogen and oxygen atoms in total. The second-order valence-corrected chi connectivity index (χ2v) is 4.68. The van der Waals surface area contributed by atoms with Crippen molar-refractivity contribution in [3.8, 4) is 0 Å². The molecule has 80 valence electrons. The number of rotatable bonds is 3. The first-order valence-corrected chi connectivity index (χ1v) is 4.68. The van der Waals surface area contributed by atoms with Crippen molar-refractivity contribution in [3.63, 3.8) is 0 Å². The van der Waals surface area contributed by atoms with E-state index in [1.807, 2.05) is 0 Å². The van der Waals surface area contributed by atoms with Crippen molar-refractivity contribution in [2.45, 2.75) is 33.1 Å². The molecule has 1 unspecified atom stereocenters. The van der Waals surface area contributed by atoms with Crippen molar-refractivity contribution in [3.05, 3.63) is 16.4 Å². The minimum absolute atomic E-state index is 0.0569. The summed E-state index contributed by atoms with van der Waals surface area (Å²) in [7, 11) is 0. The molecule has 0 aliphatic carbocycles. The summed E-state index contributed by atoms with van der Waals surface area (Å²) in [4.78, 5) is 13.3. The highest BCUT2D eigenvalue weighted by molar-refractivity contribution is 4.94. The summed E-state index contributed by atoms with van der Waals surface area (Å²) in [6.45, 7) is 6.81. The summed E-state index contributed by atoms with van der Waals surface area (Å²) in [6, 6.07) is 0. The molecule has 0 spiro atoms. The quantitative estimate of drug-likeness (QED) is 0.755. The number of nitrogens with zero attached hydrogens (tertiary/aromatic N) is 1. The van der Waals surface area contributed by atoms with Gasteiger partial charge in [0.25, 0.3) is 0 Å². The van der Waals surface area contributed by atoms with E-state index in [0.29, 0.717) is 12.4 Å². The highest BCUT2D eigenvalue weighted by Gasteiger charge is 2.22. The maximum atomic E-state index is 10.8. The van der Waals surface area contributed by atoms with Gasteiger partial charge in [0.15, 0.2) is 5.82 Å². The number of aromatic amines is 1. The molecule has 1 aromatic heterocycles. The van der Waals surface area contributed by atoms with Crippen LogP contribution in [0.2, 0.25) is 0 Å². The fraction of sp³-hybridized carbons (Fsp3) is 0.778. The molecule has 0 aliphatic heterocycles. The summed E-state index contributed by atoms with van der Waals surface area (Å²) in [5, 5.41) is 3.65. The highest BCUT2D eigenvalue weighted by Crippen LogP contribution is 2.28. The number of hydrogen-bond acceptors (Lipinski definition) is 4. The number of hydrogen-bond donors (Lipinski definition) is 2. The molecule has 0 amide bonds. The molecule has 14 heavy (non-hydrogen) atoms. The Bertz CT molecular complexity index is 334. The van der Waals surface area contributed by atoms with E-state index in [0.717, 1.165) is 6.42 Å². The maximum absolute atomic E-state index is 10.8. The molecule has 0 aliphatic rings. The van der Waals surface area contributed by atoms with Gasteiger partial charge in [0.1, 0.15) is 0 Å². The molecule has 0 saturated heterocycles. The van der Waals surface area contributed by atoms with E-state index in [4.69, 9.17) is 5.73 Å². The van der Waals surface area contributed by atoms with E-state index in [9.17, 15) is 4.79 Å². The molecule has 0 fully saturated rings. The highest BCUT2D eigenvalue weighted by atomic mass is 16.5. The van der Waals surface area contributed by atoms with Gasteiger partial charge in [-0.15, -0.1) is 0 Å². The molecule has 1 heterocycles. The lowest BCUT2D eigenvalue weighted by Crippen LogP contribution is -2.20. The summed E-state index contributed by atoms with van der Waals surface area (Å²) in [5.41, 5.74) is 5.77. The van der Waals surface area contributed by atoms with Gasteiger partial charge in [-0.3, -0.25) is 9.51 Å². The van der Waals surface area contributed by atoms with Gasteiger partial charge < -0.3 is 5.73 Å². The number of nitrogens with two attached hydrogens (primary N) is 1. The number of nitrogens with one attached hydrogen (secondary N) is 1. The van der Waals surface area contributed by atoms with E-state index in [1.165, 1.54) is 0 Å². The van der Waals surface area contributed by atoms with Gasteiger partial charge in [0.2, 0.25) is 0 Å². The Balaban J connectivity index is 2.77. The standard InChI is InChI=1S/C9H17N3O2/c1-9(2,3)4-6(5-10)7-11-8(13)14-12-7/h6H,4-5,10H2,1-3H3,(H,11,12,13). The fourth-order valence-corrected chi connectivity index (χ4v) is 1.45. The minimum Gasteiger partial charge on any atom is -0.330 e. The van der Waals surface area contributed by atoms with Crippen molar-refractivity contribution >= 4 is 0 Å². The Morgan fingerprint density at radius 1 is 1.57 bits per heavy atom. The van der Waals surface area contributed by atoms with E-state index in [2.05, 4.69) is 35.4 Å². The Morgan fingerprint density at radius 2 is 2.21 bits per heavy atom. The first-order valence-electron chi connectivity index (χ1n) is 4.68. The van der Waals surface area contributed by atoms with E-state index in [1.54, 1.807) is 0 Å².